The Balaban J connectivity index is 4.33. The zero-order valence-electron chi connectivity index (χ0n) is 11.8. The van der Waals surface area contributed by atoms with E-state index in [2.05, 4.69) is 20.8 Å². The van der Waals surface area contributed by atoms with Crippen LogP contribution in [0.2, 0.25) is 0 Å². The van der Waals surface area contributed by atoms with Gasteiger partial charge in [0.25, 0.3) is 0 Å². The average Bonchev–Trinajstić information content (AvgIpc) is 2.30. The van der Waals surface area contributed by atoms with Crippen LogP contribution in [-0.4, -0.2) is 19.8 Å². The fourth-order valence-corrected chi connectivity index (χ4v) is 9.85. The van der Waals surface area contributed by atoms with Gasteiger partial charge in [0, 0.05) is 0 Å². The van der Waals surface area contributed by atoms with Crippen molar-refractivity contribution in [3.8, 4) is 0 Å². The first-order valence-electron chi connectivity index (χ1n) is 6.87. The monoisotopic (exact) mass is 470 g/mol. The second kappa shape index (κ2) is 10.0. The fourth-order valence-electron chi connectivity index (χ4n) is 1.17. The van der Waals surface area contributed by atoms with Crippen molar-refractivity contribution in [3.63, 3.8) is 0 Å². The first kappa shape index (κ1) is 19.2. The number of halogens is 2. The molecule has 0 saturated heterocycles. The van der Waals surface area contributed by atoms with Crippen LogP contribution >= 0.6 is 18.4 Å². The Morgan fingerprint density at radius 2 is 0.944 bits per heavy atom. The van der Waals surface area contributed by atoms with Crippen molar-refractivity contribution >= 4 is 18.4 Å². The van der Waals surface area contributed by atoms with E-state index in [1.165, 1.54) is 0 Å². The molecule has 3 nitrogen and oxygen atoms in total. The standard InChI is InChI=1S/3C4H9O.2ClH.Ta/c3*1-2-3-4-5;;;/h3*2-4H2,1H3;2*1H;/q3*-1;;;+5/p-2. The summed E-state index contributed by atoms with van der Waals surface area (Å²) in [6.07, 6.45) is 5.84. The summed E-state index contributed by atoms with van der Waals surface area (Å²) in [6.45, 7) is 7.79. The Hall–Kier alpha value is 1.20. The van der Waals surface area contributed by atoms with E-state index in [0.29, 0.717) is 19.8 Å². The quantitative estimate of drug-likeness (QED) is 0.368. The van der Waals surface area contributed by atoms with Gasteiger partial charge in [-0.2, -0.15) is 0 Å². The molecule has 0 aromatic heterocycles. The van der Waals surface area contributed by atoms with Gasteiger partial charge < -0.3 is 0 Å². The van der Waals surface area contributed by atoms with Crippen molar-refractivity contribution in [2.75, 3.05) is 19.8 Å². The van der Waals surface area contributed by atoms with Crippen molar-refractivity contribution in [1.29, 1.82) is 0 Å². The SMILES string of the molecule is CCCC[O][Ta]([Cl])([Cl])([O]CCCC)[O]CCCC. The average molecular weight is 471 g/mol. The Bertz CT molecular complexity index is 182. The molecule has 0 atom stereocenters. The summed E-state index contributed by atoms with van der Waals surface area (Å²) in [5, 5.41) is 0. The van der Waals surface area contributed by atoms with Gasteiger partial charge in [-0.25, -0.2) is 0 Å². The number of hydrogen-bond acceptors (Lipinski definition) is 3. The molecular weight excluding hydrogens is 444 g/mol. The van der Waals surface area contributed by atoms with E-state index in [-0.39, 0.29) is 0 Å². The second-order valence-corrected chi connectivity index (χ2v) is 23.0. The Morgan fingerprint density at radius 3 is 1.17 bits per heavy atom. The zero-order chi connectivity index (χ0) is 13.9. The second-order valence-electron chi connectivity index (χ2n) is 4.26. The van der Waals surface area contributed by atoms with Gasteiger partial charge in [0.05, 0.1) is 0 Å². The minimum absolute atomic E-state index is 0.509. The summed E-state index contributed by atoms with van der Waals surface area (Å²) in [5.74, 6) is 0. The molecule has 0 N–H and O–H groups in total. The summed E-state index contributed by atoms with van der Waals surface area (Å²) in [4.78, 5) is 0. The molecule has 0 heterocycles. The topological polar surface area (TPSA) is 27.7 Å². The van der Waals surface area contributed by atoms with Crippen LogP contribution in [0, 0.1) is 0 Å². The van der Waals surface area contributed by atoms with E-state index in [9.17, 15) is 0 Å². The molecule has 0 saturated carbocycles. The molecule has 0 aromatic rings. The molecule has 0 spiro atoms. The first-order chi connectivity index (χ1) is 8.46. The van der Waals surface area contributed by atoms with E-state index >= 15 is 0 Å². The molecule has 6 heteroatoms. The molecule has 0 aliphatic rings. The van der Waals surface area contributed by atoms with Crippen molar-refractivity contribution in [2.24, 2.45) is 0 Å². The van der Waals surface area contributed by atoms with E-state index in [1.807, 2.05) is 0 Å². The molecule has 0 rings (SSSR count). The van der Waals surface area contributed by atoms with Crippen LogP contribution in [0.15, 0.2) is 0 Å². The molecule has 0 amide bonds. The third kappa shape index (κ3) is 9.16. The van der Waals surface area contributed by atoms with Gasteiger partial charge in [-0.05, 0) is 0 Å². The molecule has 0 aromatic carbocycles. The third-order valence-corrected chi connectivity index (χ3v) is 13.5. The van der Waals surface area contributed by atoms with Gasteiger partial charge in [-0.3, -0.25) is 0 Å². The van der Waals surface area contributed by atoms with Crippen molar-refractivity contribution in [3.05, 3.63) is 0 Å². The van der Waals surface area contributed by atoms with E-state index < -0.39 is 14.8 Å². The Morgan fingerprint density at radius 1 is 0.667 bits per heavy atom. The summed E-state index contributed by atoms with van der Waals surface area (Å²) in [5.41, 5.74) is 0. The normalized spacial score (nSPS) is 14.4. The van der Waals surface area contributed by atoms with Gasteiger partial charge >= 0.3 is 122 Å². The molecule has 0 bridgehead atoms. The van der Waals surface area contributed by atoms with Crippen LogP contribution in [0.4, 0.5) is 0 Å². The fraction of sp³-hybridized carbons (Fsp3) is 1.00. The van der Waals surface area contributed by atoms with Gasteiger partial charge in [0.2, 0.25) is 0 Å². The number of hydrogen-bond donors (Lipinski definition) is 0. The summed E-state index contributed by atoms with van der Waals surface area (Å²) >= 11 is -4.88. The minimum atomic E-state index is -4.88. The van der Waals surface area contributed by atoms with Gasteiger partial charge in [0.15, 0.2) is 0 Å². The molecule has 18 heavy (non-hydrogen) atoms. The summed E-state index contributed by atoms with van der Waals surface area (Å²) in [6, 6.07) is 0. The zero-order valence-corrected chi connectivity index (χ0v) is 16.5. The number of rotatable bonds is 12. The number of unbranched alkanes of at least 4 members (excludes halogenated alkanes) is 3. The van der Waals surface area contributed by atoms with E-state index in [0.717, 1.165) is 38.5 Å². The summed E-state index contributed by atoms with van der Waals surface area (Å²) in [7, 11) is 12.8. The molecule has 112 valence electrons. The van der Waals surface area contributed by atoms with Gasteiger partial charge in [-0.15, -0.1) is 0 Å². The maximum absolute atomic E-state index is 6.41. The van der Waals surface area contributed by atoms with Crippen LogP contribution in [0.3, 0.4) is 0 Å². The van der Waals surface area contributed by atoms with E-state index in [4.69, 9.17) is 28.1 Å². The van der Waals surface area contributed by atoms with Crippen LogP contribution in [0.5, 0.6) is 0 Å². The predicted molar refractivity (Wildman–Crippen MR) is 74.3 cm³/mol. The first-order valence-corrected chi connectivity index (χ1v) is 18.8. The maximum atomic E-state index is 6.41. The third-order valence-electron chi connectivity index (χ3n) is 2.38. The molecule has 0 unspecified atom stereocenters. The molecular formula is C12H27Cl2O3Ta. The van der Waals surface area contributed by atoms with Crippen LogP contribution in [0.1, 0.15) is 59.3 Å². The van der Waals surface area contributed by atoms with Gasteiger partial charge in [-0.1, -0.05) is 0 Å². The molecule has 0 radical (unpaired) electrons. The Kier molecular flexibility index (Phi) is 10.7. The van der Waals surface area contributed by atoms with Crippen molar-refractivity contribution < 1.29 is 24.6 Å². The molecule has 0 aliphatic carbocycles. The van der Waals surface area contributed by atoms with E-state index in [1.54, 1.807) is 0 Å². The van der Waals surface area contributed by atoms with Gasteiger partial charge in [0.1, 0.15) is 0 Å². The van der Waals surface area contributed by atoms with Crippen LogP contribution < -0.4 is 0 Å². The van der Waals surface area contributed by atoms with Crippen LogP contribution in [-0.2, 0) is 24.6 Å². The molecule has 0 fully saturated rings. The van der Waals surface area contributed by atoms with Crippen molar-refractivity contribution in [1.82, 2.24) is 0 Å². The molecule has 0 aliphatic heterocycles. The predicted octanol–water partition coefficient (Wildman–Crippen LogP) is 5.18. The van der Waals surface area contributed by atoms with Crippen LogP contribution in [0.25, 0.3) is 0 Å². The Labute approximate surface area is 122 Å². The van der Waals surface area contributed by atoms with Crippen molar-refractivity contribution in [2.45, 2.75) is 59.3 Å². The summed E-state index contributed by atoms with van der Waals surface area (Å²) < 4.78 is 17.0.